The van der Waals surface area contributed by atoms with Crippen molar-refractivity contribution in [2.75, 3.05) is 35.5 Å². The molecule has 3 atom stereocenters. The van der Waals surface area contributed by atoms with E-state index in [1.54, 1.807) is 0 Å². The van der Waals surface area contributed by atoms with Gasteiger partial charge < -0.3 is 28.4 Å². The molecule has 0 saturated carbocycles. The Labute approximate surface area is 150 Å². The molecule has 0 aromatic heterocycles. The van der Waals surface area contributed by atoms with Gasteiger partial charge >= 0.3 is 17.9 Å². The first-order valence-corrected chi connectivity index (χ1v) is 7.59. The predicted molar refractivity (Wildman–Crippen MR) is 85.9 cm³/mol. The molecule has 1 aliphatic rings. The van der Waals surface area contributed by atoms with Gasteiger partial charge in [-0.2, -0.15) is 0 Å². The van der Waals surface area contributed by atoms with Crippen molar-refractivity contribution in [3.63, 3.8) is 0 Å². The lowest BCUT2D eigenvalue weighted by molar-refractivity contribution is -0.159. The third kappa shape index (κ3) is 3.24. The highest BCUT2D eigenvalue weighted by Gasteiger charge is 2.55. The van der Waals surface area contributed by atoms with Crippen LogP contribution in [0.5, 0.6) is 17.2 Å². The van der Waals surface area contributed by atoms with Gasteiger partial charge in [0.2, 0.25) is 0 Å². The Hall–Kier alpha value is -2.97. The Bertz CT molecular complexity index is 712. The highest BCUT2D eigenvalue weighted by atomic mass is 16.6. The molecule has 0 bridgehead atoms. The molecule has 9 heteroatoms. The van der Waals surface area contributed by atoms with Crippen LogP contribution in [0.2, 0.25) is 0 Å². The minimum atomic E-state index is -1.43. The molecule has 0 spiro atoms. The molecule has 0 radical (unpaired) electrons. The molecule has 1 saturated heterocycles. The molecule has 2 rings (SSSR count). The van der Waals surface area contributed by atoms with Gasteiger partial charge in [0.25, 0.3) is 0 Å². The Kier molecular flexibility index (Phi) is 5.91. The van der Waals surface area contributed by atoms with E-state index in [-0.39, 0.29) is 0 Å². The van der Waals surface area contributed by atoms with Crippen LogP contribution in [0, 0.1) is 11.8 Å². The number of esters is 3. The number of methoxy groups -OCH3 is 5. The zero-order chi connectivity index (χ0) is 19.4. The number of ether oxygens (including phenoxy) is 6. The Balaban J connectivity index is 2.59. The van der Waals surface area contributed by atoms with E-state index in [2.05, 4.69) is 4.74 Å². The zero-order valence-corrected chi connectivity index (χ0v) is 15.1. The summed E-state index contributed by atoms with van der Waals surface area (Å²) in [5.41, 5.74) is 0.334. The summed E-state index contributed by atoms with van der Waals surface area (Å²) in [5, 5.41) is 0. The number of carbonyl (C=O) groups is 3. The van der Waals surface area contributed by atoms with Gasteiger partial charge in [0, 0.05) is 11.6 Å². The second-order valence-electron chi connectivity index (χ2n) is 5.36. The lowest BCUT2D eigenvalue weighted by atomic mass is 9.86. The van der Waals surface area contributed by atoms with E-state index in [4.69, 9.17) is 23.7 Å². The number of benzene rings is 1. The van der Waals surface area contributed by atoms with Gasteiger partial charge in [-0.3, -0.25) is 14.4 Å². The predicted octanol–water partition coefficient (Wildman–Crippen LogP) is 0.889. The standard InChI is InChI=1S/C17H20O9/c1-21-9-7-11(23-3)10(22-2)6-8(9)14-12(15(18)24-4)13(16(19)25-5)17(20)26-14/h6-7,12-14H,1-5H3/t12?,13-,14-/m0/s1. The SMILES string of the molecule is COC(=O)C1[C@@H](C(=O)OC)C(=O)O[C@H]1c1cc(OC)c(OC)cc1OC. The number of rotatable bonds is 6. The fourth-order valence-electron chi connectivity index (χ4n) is 2.89. The molecule has 0 amide bonds. The molecule has 9 nitrogen and oxygen atoms in total. The van der Waals surface area contributed by atoms with Crippen LogP contribution in [0.15, 0.2) is 12.1 Å². The molecule has 0 aliphatic carbocycles. The summed E-state index contributed by atoms with van der Waals surface area (Å²) in [4.78, 5) is 36.5. The largest absolute Gasteiger partial charge is 0.496 e. The fourth-order valence-corrected chi connectivity index (χ4v) is 2.89. The number of carbonyl (C=O) groups excluding carboxylic acids is 3. The maximum absolute atomic E-state index is 12.3. The van der Waals surface area contributed by atoms with Crippen LogP contribution in [0.1, 0.15) is 11.7 Å². The quantitative estimate of drug-likeness (QED) is 0.411. The van der Waals surface area contributed by atoms with Crippen molar-refractivity contribution in [1.82, 2.24) is 0 Å². The van der Waals surface area contributed by atoms with Crippen LogP contribution in [0.25, 0.3) is 0 Å². The monoisotopic (exact) mass is 368 g/mol. The highest BCUT2D eigenvalue weighted by Crippen LogP contribution is 2.46. The molecule has 142 valence electrons. The van der Waals surface area contributed by atoms with E-state index >= 15 is 0 Å². The second-order valence-corrected chi connectivity index (χ2v) is 5.36. The van der Waals surface area contributed by atoms with Gasteiger partial charge in [-0.25, -0.2) is 0 Å². The first-order valence-electron chi connectivity index (χ1n) is 7.59. The topological polar surface area (TPSA) is 107 Å². The van der Waals surface area contributed by atoms with Crippen molar-refractivity contribution in [3.05, 3.63) is 17.7 Å². The summed E-state index contributed by atoms with van der Waals surface area (Å²) < 4.78 is 30.5. The van der Waals surface area contributed by atoms with Crippen LogP contribution < -0.4 is 14.2 Å². The summed E-state index contributed by atoms with van der Waals surface area (Å²) in [6.07, 6.45) is -1.12. The van der Waals surface area contributed by atoms with E-state index in [1.807, 2.05) is 0 Å². The molecule has 1 unspecified atom stereocenters. The maximum atomic E-state index is 12.3. The van der Waals surface area contributed by atoms with Crippen LogP contribution in [-0.4, -0.2) is 53.5 Å². The first-order chi connectivity index (χ1) is 12.4. The van der Waals surface area contributed by atoms with Crippen molar-refractivity contribution in [2.45, 2.75) is 6.10 Å². The van der Waals surface area contributed by atoms with Crippen molar-refractivity contribution in [1.29, 1.82) is 0 Å². The van der Waals surface area contributed by atoms with Crippen molar-refractivity contribution in [2.24, 2.45) is 11.8 Å². The molecule has 1 aromatic carbocycles. The average Bonchev–Trinajstić information content (AvgIpc) is 3.02. The molecule has 1 aliphatic heterocycles. The smallest absolute Gasteiger partial charge is 0.322 e. The van der Waals surface area contributed by atoms with Crippen LogP contribution in [0.3, 0.4) is 0 Å². The molecular formula is C17H20O9. The Morgan fingerprint density at radius 3 is 1.88 bits per heavy atom. The van der Waals surface area contributed by atoms with Crippen LogP contribution in [0.4, 0.5) is 0 Å². The first kappa shape index (κ1) is 19.4. The van der Waals surface area contributed by atoms with E-state index in [1.165, 1.54) is 33.5 Å². The normalized spacial score (nSPS) is 21.6. The third-order valence-corrected chi connectivity index (χ3v) is 4.15. The minimum absolute atomic E-state index is 0.292. The van der Waals surface area contributed by atoms with Gasteiger partial charge in [0.1, 0.15) is 17.8 Å². The minimum Gasteiger partial charge on any atom is -0.496 e. The average molecular weight is 368 g/mol. The Morgan fingerprint density at radius 2 is 1.38 bits per heavy atom. The molecule has 1 aromatic rings. The van der Waals surface area contributed by atoms with E-state index in [0.717, 1.165) is 14.2 Å². The van der Waals surface area contributed by atoms with Crippen LogP contribution in [-0.2, 0) is 28.6 Å². The van der Waals surface area contributed by atoms with Crippen molar-refractivity contribution < 1.29 is 42.8 Å². The fraction of sp³-hybridized carbons (Fsp3) is 0.471. The van der Waals surface area contributed by atoms with E-state index in [0.29, 0.717) is 22.8 Å². The van der Waals surface area contributed by atoms with Gasteiger partial charge in [-0.1, -0.05) is 0 Å². The molecule has 0 N–H and O–H groups in total. The summed E-state index contributed by atoms with van der Waals surface area (Å²) in [6.45, 7) is 0. The van der Waals surface area contributed by atoms with Crippen molar-refractivity contribution >= 4 is 17.9 Å². The summed E-state index contributed by atoms with van der Waals surface area (Å²) in [5.74, 6) is -4.20. The van der Waals surface area contributed by atoms with Crippen LogP contribution >= 0.6 is 0 Å². The van der Waals surface area contributed by atoms with Gasteiger partial charge in [-0.05, 0) is 6.07 Å². The van der Waals surface area contributed by atoms with Crippen molar-refractivity contribution in [3.8, 4) is 17.2 Å². The third-order valence-electron chi connectivity index (χ3n) is 4.15. The lowest BCUT2D eigenvalue weighted by Crippen LogP contribution is -2.33. The molecule has 1 heterocycles. The highest BCUT2D eigenvalue weighted by molar-refractivity contribution is 6.01. The van der Waals surface area contributed by atoms with Gasteiger partial charge in [-0.15, -0.1) is 0 Å². The summed E-state index contributed by atoms with van der Waals surface area (Å²) in [6, 6.07) is 3.05. The second kappa shape index (κ2) is 7.94. The Morgan fingerprint density at radius 1 is 0.846 bits per heavy atom. The van der Waals surface area contributed by atoms with Gasteiger partial charge in [0.05, 0.1) is 35.5 Å². The number of cyclic esters (lactones) is 1. The zero-order valence-electron chi connectivity index (χ0n) is 15.1. The molecular weight excluding hydrogens is 348 g/mol. The number of hydrogen-bond acceptors (Lipinski definition) is 9. The molecule has 26 heavy (non-hydrogen) atoms. The van der Waals surface area contributed by atoms with E-state index in [9.17, 15) is 14.4 Å². The summed E-state index contributed by atoms with van der Waals surface area (Å²) >= 11 is 0. The van der Waals surface area contributed by atoms with Gasteiger partial charge in [0.15, 0.2) is 17.4 Å². The lowest BCUT2D eigenvalue weighted by Gasteiger charge is -2.21. The summed E-state index contributed by atoms with van der Waals surface area (Å²) in [7, 11) is 6.57. The molecule has 1 fully saturated rings. The maximum Gasteiger partial charge on any atom is 0.322 e. The van der Waals surface area contributed by atoms with E-state index < -0.39 is 35.8 Å². The number of hydrogen-bond donors (Lipinski definition) is 0.